The molecule has 1 unspecified atom stereocenters. The van der Waals surface area contributed by atoms with E-state index in [2.05, 4.69) is 4.98 Å². The molecule has 1 aliphatic heterocycles. The number of carbonyl (C=O) groups excluding carboxylic acids is 1. The summed E-state index contributed by atoms with van der Waals surface area (Å²) in [7, 11) is 0. The zero-order valence-electron chi connectivity index (χ0n) is 7.39. The highest BCUT2D eigenvalue weighted by molar-refractivity contribution is 6.18. The number of anilines is 1. The summed E-state index contributed by atoms with van der Waals surface area (Å²) in [4.78, 5) is 16.9. The number of alkyl halides is 1. The number of aromatic nitrogens is 1. The summed E-state index contributed by atoms with van der Waals surface area (Å²) < 4.78 is 4.99. The van der Waals surface area contributed by atoms with Crippen LogP contribution in [0.25, 0.3) is 0 Å². The predicted octanol–water partition coefficient (Wildman–Crippen LogP) is 1.65. The van der Waals surface area contributed by atoms with E-state index in [-0.39, 0.29) is 12.2 Å². The number of hydrogen-bond donors (Lipinski definition) is 0. The zero-order valence-corrected chi connectivity index (χ0v) is 8.15. The van der Waals surface area contributed by atoms with Gasteiger partial charge in [-0.15, -0.1) is 11.6 Å². The molecular formula is C9H9ClN2O2. The maximum atomic E-state index is 11.3. The van der Waals surface area contributed by atoms with Gasteiger partial charge in [0.25, 0.3) is 0 Å². The lowest BCUT2D eigenvalue weighted by atomic mass is 10.4. The van der Waals surface area contributed by atoms with Crippen molar-refractivity contribution in [1.82, 2.24) is 4.98 Å². The van der Waals surface area contributed by atoms with E-state index in [0.29, 0.717) is 18.2 Å². The number of rotatable bonds is 2. The summed E-state index contributed by atoms with van der Waals surface area (Å²) in [6.07, 6.45) is 1.02. The number of nitrogens with zero attached hydrogens (tertiary/aromatic N) is 2. The normalized spacial score (nSPS) is 21.1. The van der Waals surface area contributed by atoms with Crippen molar-refractivity contribution in [2.75, 3.05) is 17.3 Å². The van der Waals surface area contributed by atoms with Gasteiger partial charge < -0.3 is 4.74 Å². The van der Waals surface area contributed by atoms with E-state index in [4.69, 9.17) is 16.3 Å². The molecule has 0 aromatic carbocycles. The van der Waals surface area contributed by atoms with Gasteiger partial charge in [-0.3, -0.25) is 4.90 Å². The average Bonchev–Trinajstić information content (AvgIpc) is 2.61. The number of amides is 1. The van der Waals surface area contributed by atoms with E-state index in [1.54, 1.807) is 18.3 Å². The second-order valence-electron chi connectivity index (χ2n) is 2.96. The van der Waals surface area contributed by atoms with Crippen molar-refractivity contribution in [2.45, 2.75) is 6.10 Å². The summed E-state index contributed by atoms with van der Waals surface area (Å²) in [5.41, 5.74) is 0. The van der Waals surface area contributed by atoms with Gasteiger partial charge in [0.05, 0.1) is 12.4 Å². The molecule has 2 rings (SSSR count). The van der Waals surface area contributed by atoms with E-state index in [1.165, 1.54) is 4.90 Å². The SMILES string of the molecule is O=C1OC(CCl)CN1c1ccccn1. The monoisotopic (exact) mass is 212 g/mol. The van der Waals surface area contributed by atoms with Crippen molar-refractivity contribution in [3.63, 3.8) is 0 Å². The molecule has 4 nitrogen and oxygen atoms in total. The van der Waals surface area contributed by atoms with Crippen LogP contribution in [0, 0.1) is 0 Å². The molecule has 1 saturated heterocycles. The number of carbonyl (C=O) groups is 1. The molecule has 0 bridgehead atoms. The molecule has 1 aromatic heterocycles. The quantitative estimate of drug-likeness (QED) is 0.700. The van der Waals surface area contributed by atoms with Gasteiger partial charge in [0.1, 0.15) is 11.9 Å². The molecule has 1 aromatic rings. The van der Waals surface area contributed by atoms with Gasteiger partial charge in [0, 0.05) is 6.20 Å². The van der Waals surface area contributed by atoms with Crippen LogP contribution in [0.1, 0.15) is 0 Å². The minimum Gasteiger partial charge on any atom is -0.443 e. The summed E-state index contributed by atoms with van der Waals surface area (Å²) in [6, 6.07) is 5.38. The fraction of sp³-hybridized carbons (Fsp3) is 0.333. The Morgan fingerprint density at radius 2 is 2.50 bits per heavy atom. The van der Waals surface area contributed by atoms with Gasteiger partial charge in [-0.25, -0.2) is 9.78 Å². The highest BCUT2D eigenvalue weighted by Crippen LogP contribution is 2.19. The maximum Gasteiger partial charge on any atom is 0.415 e. The van der Waals surface area contributed by atoms with Gasteiger partial charge in [-0.05, 0) is 12.1 Å². The van der Waals surface area contributed by atoms with Crippen LogP contribution in [0.3, 0.4) is 0 Å². The summed E-state index contributed by atoms with van der Waals surface area (Å²) in [6.45, 7) is 0.472. The molecular weight excluding hydrogens is 204 g/mol. The van der Waals surface area contributed by atoms with Crippen LogP contribution in [0.4, 0.5) is 10.6 Å². The van der Waals surface area contributed by atoms with Crippen molar-refractivity contribution in [1.29, 1.82) is 0 Å². The molecule has 1 aliphatic rings. The smallest absolute Gasteiger partial charge is 0.415 e. The standard InChI is InChI=1S/C9H9ClN2O2/c10-5-7-6-12(9(13)14-7)8-3-1-2-4-11-8/h1-4,7H,5-6H2. The van der Waals surface area contributed by atoms with E-state index < -0.39 is 0 Å². The molecule has 2 heterocycles. The van der Waals surface area contributed by atoms with Crippen molar-refractivity contribution < 1.29 is 9.53 Å². The van der Waals surface area contributed by atoms with Crippen molar-refractivity contribution in [3.8, 4) is 0 Å². The van der Waals surface area contributed by atoms with Gasteiger partial charge in [-0.2, -0.15) is 0 Å². The molecule has 14 heavy (non-hydrogen) atoms. The van der Waals surface area contributed by atoms with Crippen LogP contribution in [-0.4, -0.2) is 29.6 Å². The van der Waals surface area contributed by atoms with E-state index in [9.17, 15) is 4.79 Å². The molecule has 0 aliphatic carbocycles. The Hall–Kier alpha value is -1.29. The Morgan fingerprint density at radius 1 is 1.64 bits per heavy atom. The first-order valence-electron chi connectivity index (χ1n) is 4.26. The summed E-state index contributed by atoms with van der Waals surface area (Å²) in [5.74, 6) is 0.917. The average molecular weight is 213 g/mol. The van der Waals surface area contributed by atoms with Gasteiger partial charge in [-0.1, -0.05) is 6.07 Å². The number of hydrogen-bond acceptors (Lipinski definition) is 3. The number of pyridine rings is 1. The van der Waals surface area contributed by atoms with E-state index in [1.807, 2.05) is 6.07 Å². The topological polar surface area (TPSA) is 42.4 Å². The van der Waals surface area contributed by atoms with Crippen LogP contribution in [0.15, 0.2) is 24.4 Å². The maximum absolute atomic E-state index is 11.3. The Kier molecular flexibility index (Phi) is 2.54. The molecule has 0 saturated carbocycles. The molecule has 0 spiro atoms. The lowest BCUT2D eigenvalue weighted by molar-refractivity contribution is 0.151. The first-order chi connectivity index (χ1) is 6.81. The molecule has 1 atom stereocenters. The highest BCUT2D eigenvalue weighted by atomic mass is 35.5. The fourth-order valence-electron chi connectivity index (χ4n) is 1.30. The number of cyclic esters (lactones) is 1. The zero-order chi connectivity index (χ0) is 9.97. The Balaban J connectivity index is 2.17. The summed E-state index contributed by atoms with van der Waals surface area (Å²) in [5, 5.41) is 0. The Bertz CT molecular complexity index is 331. The number of ether oxygens (including phenoxy) is 1. The minimum atomic E-state index is -0.380. The van der Waals surface area contributed by atoms with Gasteiger partial charge in [0.2, 0.25) is 0 Å². The Labute approximate surface area is 86.4 Å². The third-order valence-corrected chi connectivity index (χ3v) is 2.32. The van der Waals surface area contributed by atoms with E-state index in [0.717, 1.165) is 0 Å². The molecule has 0 N–H and O–H groups in total. The van der Waals surface area contributed by atoms with Crippen molar-refractivity contribution in [2.24, 2.45) is 0 Å². The first kappa shape index (κ1) is 9.27. The Morgan fingerprint density at radius 3 is 3.07 bits per heavy atom. The molecule has 1 amide bonds. The molecule has 74 valence electrons. The van der Waals surface area contributed by atoms with Crippen LogP contribution in [-0.2, 0) is 4.74 Å². The highest BCUT2D eigenvalue weighted by Gasteiger charge is 2.32. The molecule has 1 fully saturated rings. The van der Waals surface area contributed by atoms with Gasteiger partial charge in [0.15, 0.2) is 0 Å². The van der Waals surface area contributed by atoms with Crippen LogP contribution in [0.5, 0.6) is 0 Å². The van der Waals surface area contributed by atoms with E-state index >= 15 is 0 Å². The fourth-order valence-corrected chi connectivity index (χ4v) is 1.46. The summed E-state index contributed by atoms with van der Waals surface area (Å²) >= 11 is 5.60. The molecule has 5 heteroatoms. The predicted molar refractivity (Wildman–Crippen MR) is 52.6 cm³/mol. The third-order valence-electron chi connectivity index (χ3n) is 1.97. The lowest BCUT2D eigenvalue weighted by Gasteiger charge is -2.10. The largest absolute Gasteiger partial charge is 0.443 e. The third kappa shape index (κ3) is 1.65. The second kappa shape index (κ2) is 3.84. The second-order valence-corrected chi connectivity index (χ2v) is 3.27. The lowest BCUT2D eigenvalue weighted by Crippen LogP contribution is -2.25. The van der Waals surface area contributed by atoms with Crippen LogP contribution < -0.4 is 4.90 Å². The minimum absolute atomic E-state index is 0.230. The van der Waals surface area contributed by atoms with Gasteiger partial charge >= 0.3 is 6.09 Å². The van der Waals surface area contributed by atoms with Crippen molar-refractivity contribution >= 4 is 23.5 Å². The number of halogens is 1. The first-order valence-corrected chi connectivity index (χ1v) is 4.80. The van der Waals surface area contributed by atoms with Crippen molar-refractivity contribution in [3.05, 3.63) is 24.4 Å². The van der Waals surface area contributed by atoms with Crippen LogP contribution in [0.2, 0.25) is 0 Å². The molecule has 0 radical (unpaired) electrons. The van der Waals surface area contributed by atoms with Crippen LogP contribution >= 0.6 is 11.6 Å².